The van der Waals surface area contributed by atoms with E-state index < -0.39 is 0 Å². The van der Waals surface area contributed by atoms with Crippen molar-refractivity contribution in [3.8, 4) is 11.1 Å². The fourth-order valence-electron chi connectivity index (χ4n) is 4.43. The predicted molar refractivity (Wildman–Crippen MR) is 128 cm³/mol. The fourth-order valence-corrected chi connectivity index (χ4v) is 4.43. The second kappa shape index (κ2) is 8.98. The predicted octanol–water partition coefficient (Wildman–Crippen LogP) is 3.53. The number of aromatic nitrogens is 3. The van der Waals surface area contributed by atoms with Gasteiger partial charge in [-0.15, -0.1) is 0 Å². The zero-order valence-electron chi connectivity index (χ0n) is 18.2. The van der Waals surface area contributed by atoms with Crippen molar-refractivity contribution >= 4 is 22.5 Å². The number of likely N-dealkylation sites (N-methyl/N-ethyl adjacent to an activating group) is 1. The first kappa shape index (κ1) is 20.5. The molecule has 164 valence electrons. The Balaban J connectivity index is 1.41. The molecule has 3 N–H and O–H groups in total. The number of aromatic amines is 2. The monoisotopic (exact) mass is 428 g/mol. The van der Waals surface area contributed by atoms with Crippen LogP contribution in [0.25, 0.3) is 22.0 Å². The number of carbonyl (C=O) groups excluding carboxylic acids is 1. The highest BCUT2D eigenvalue weighted by atomic mass is 16.1. The maximum Gasteiger partial charge on any atom is 0.233 e. The molecule has 3 heterocycles. The molecule has 1 aliphatic rings. The number of nitrogens with zero attached hydrogens (tertiary/aromatic N) is 3. The van der Waals surface area contributed by atoms with Gasteiger partial charge in [-0.05, 0) is 18.7 Å². The summed E-state index contributed by atoms with van der Waals surface area (Å²) in [5.41, 5.74) is 4.82. The van der Waals surface area contributed by atoms with E-state index in [1.54, 1.807) is 6.20 Å². The molecule has 2 aromatic carbocycles. The zero-order chi connectivity index (χ0) is 21.9. The first-order chi connectivity index (χ1) is 15.7. The molecule has 0 spiro atoms. The summed E-state index contributed by atoms with van der Waals surface area (Å²) in [4.78, 5) is 21.6. The van der Waals surface area contributed by atoms with E-state index in [9.17, 15) is 4.79 Å². The third-order valence-electron chi connectivity index (χ3n) is 6.34. The highest BCUT2D eigenvalue weighted by Crippen LogP contribution is 2.32. The summed E-state index contributed by atoms with van der Waals surface area (Å²) in [5.74, 6) is -0.222. The Labute approximate surface area is 187 Å². The molecule has 7 heteroatoms. The topological polar surface area (TPSA) is 80.0 Å². The van der Waals surface area contributed by atoms with Gasteiger partial charge in [-0.25, -0.2) is 0 Å². The van der Waals surface area contributed by atoms with Crippen LogP contribution in [0.5, 0.6) is 0 Å². The summed E-state index contributed by atoms with van der Waals surface area (Å²) < 4.78 is 0. The van der Waals surface area contributed by atoms with Gasteiger partial charge >= 0.3 is 0 Å². The highest BCUT2D eigenvalue weighted by molar-refractivity contribution is 6.07. The molecular formula is C25H28N6O. The summed E-state index contributed by atoms with van der Waals surface area (Å²) in [6.07, 6.45) is 5.63. The lowest BCUT2D eigenvalue weighted by atomic mass is 9.97. The Hall–Kier alpha value is -3.42. The van der Waals surface area contributed by atoms with Crippen LogP contribution in [0.15, 0.2) is 67.1 Å². The van der Waals surface area contributed by atoms with Gasteiger partial charge in [-0.2, -0.15) is 5.10 Å². The first-order valence-electron chi connectivity index (χ1n) is 11.0. The average Bonchev–Trinajstić information content (AvgIpc) is 3.49. The number of carbonyl (C=O) groups is 1. The quantitative estimate of drug-likeness (QED) is 0.439. The van der Waals surface area contributed by atoms with Crippen molar-refractivity contribution in [2.45, 2.75) is 5.92 Å². The molecule has 0 unspecified atom stereocenters. The van der Waals surface area contributed by atoms with Crippen molar-refractivity contribution in [3.05, 3.63) is 72.7 Å². The highest BCUT2D eigenvalue weighted by Gasteiger charge is 2.26. The van der Waals surface area contributed by atoms with Gasteiger partial charge in [0.25, 0.3) is 0 Å². The number of fused-ring (bicyclic) bond motifs is 1. The Morgan fingerprint density at radius 2 is 1.88 bits per heavy atom. The molecule has 1 amide bonds. The van der Waals surface area contributed by atoms with Gasteiger partial charge in [0.2, 0.25) is 5.91 Å². The van der Waals surface area contributed by atoms with Crippen LogP contribution in [0.3, 0.4) is 0 Å². The molecule has 1 fully saturated rings. The van der Waals surface area contributed by atoms with Crippen molar-refractivity contribution in [2.24, 2.45) is 0 Å². The number of piperazine rings is 1. The minimum absolute atomic E-state index is 0.0158. The van der Waals surface area contributed by atoms with Crippen molar-refractivity contribution in [2.75, 3.05) is 45.1 Å². The first-order valence-corrected chi connectivity index (χ1v) is 11.0. The van der Waals surface area contributed by atoms with Crippen molar-refractivity contribution in [3.63, 3.8) is 0 Å². The molecule has 1 atom stereocenters. The molecule has 5 rings (SSSR count). The minimum atomic E-state index is -0.238. The van der Waals surface area contributed by atoms with Gasteiger partial charge < -0.3 is 15.2 Å². The standard InChI is InChI=1S/C25H28N6O/c1-30-10-12-31(13-11-30)17-22(18-6-3-2-4-7-18)25(32)29-23-9-5-8-20-21(16-26-24(20)23)19-14-27-28-15-19/h2-9,14-16,22,26H,10-13,17H2,1H3,(H,27,28)(H,29,32)/t22-/m1/s1. The smallest absolute Gasteiger partial charge is 0.233 e. The number of rotatable bonds is 6. The summed E-state index contributed by atoms with van der Waals surface area (Å²) in [7, 11) is 2.15. The van der Waals surface area contributed by atoms with E-state index in [4.69, 9.17) is 0 Å². The number of hydrogen-bond donors (Lipinski definition) is 3. The maximum absolute atomic E-state index is 13.6. The van der Waals surface area contributed by atoms with Gasteiger partial charge in [-0.1, -0.05) is 42.5 Å². The third-order valence-corrected chi connectivity index (χ3v) is 6.34. The van der Waals surface area contributed by atoms with Crippen LogP contribution >= 0.6 is 0 Å². The molecule has 0 radical (unpaired) electrons. The van der Waals surface area contributed by atoms with Gasteiger partial charge in [0.05, 0.1) is 23.3 Å². The molecule has 1 saturated heterocycles. The fraction of sp³-hybridized carbons (Fsp3) is 0.280. The number of amides is 1. The van der Waals surface area contributed by atoms with E-state index in [1.165, 1.54) is 0 Å². The number of benzene rings is 2. The molecule has 2 aromatic heterocycles. The van der Waals surface area contributed by atoms with Crippen LogP contribution in [-0.4, -0.2) is 70.7 Å². The number of H-pyrrole nitrogens is 2. The third kappa shape index (κ3) is 4.17. The van der Waals surface area contributed by atoms with Crippen LogP contribution in [0.2, 0.25) is 0 Å². The summed E-state index contributed by atoms with van der Waals surface area (Å²) >= 11 is 0. The Kier molecular flexibility index (Phi) is 5.75. The molecule has 7 nitrogen and oxygen atoms in total. The summed E-state index contributed by atoms with van der Waals surface area (Å²) in [5, 5.41) is 11.2. The molecule has 32 heavy (non-hydrogen) atoms. The molecule has 0 aliphatic carbocycles. The lowest BCUT2D eigenvalue weighted by molar-refractivity contribution is -0.118. The number of nitrogens with one attached hydrogen (secondary N) is 3. The lowest BCUT2D eigenvalue weighted by Gasteiger charge is -2.34. The lowest BCUT2D eigenvalue weighted by Crippen LogP contribution is -2.47. The normalized spacial score (nSPS) is 16.3. The van der Waals surface area contributed by atoms with Gasteiger partial charge in [0.15, 0.2) is 0 Å². The average molecular weight is 429 g/mol. The summed E-state index contributed by atoms with van der Waals surface area (Å²) in [6, 6.07) is 16.1. The molecular weight excluding hydrogens is 400 g/mol. The van der Waals surface area contributed by atoms with Crippen LogP contribution in [-0.2, 0) is 4.79 Å². The second-order valence-corrected chi connectivity index (χ2v) is 8.47. The van der Waals surface area contributed by atoms with Crippen molar-refractivity contribution in [1.29, 1.82) is 0 Å². The van der Waals surface area contributed by atoms with Crippen molar-refractivity contribution in [1.82, 2.24) is 25.0 Å². The molecule has 1 aliphatic heterocycles. The van der Waals surface area contributed by atoms with Crippen LogP contribution in [0.1, 0.15) is 11.5 Å². The Morgan fingerprint density at radius 3 is 2.62 bits per heavy atom. The zero-order valence-corrected chi connectivity index (χ0v) is 18.2. The Morgan fingerprint density at radius 1 is 1.06 bits per heavy atom. The van der Waals surface area contributed by atoms with Gasteiger partial charge in [-0.3, -0.25) is 14.8 Å². The largest absolute Gasteiger partial charge is 0.359 e. The van der Waals surface area contributed by atoms with E-state index >= 15 is 0 Å². The number of hydrogen-bond acceptors (Lipinski definition) is 4. The Bertz CT molecular complexity index is 1180. The van der Waals surface area contributed by atoms with E-state index in [2.05, 4.69) is 43.4 Å². The number of anilines is 1. The molecule has 4 aromatic rings. The number of para-hydroxylation sites is 1. The van der Waals surface area contributed by atoms with Crippen LogP contribution in [0.4, 0.5) is 5.69 Å². The van der Waals surface area contributed by atoms with Crippen LogP contribution < -0.4 is 5.32 Å². The van der Waals surface area contributed by atoms with Gasteiger partial charge in [0, 0.05) is 61.6 Å². The van der Waals surface area contributed by atoms with E-state index in [0.717, 1.165) is 59.5 Å². The van der Waals surface area contributed by atoms with Gasteiger partial charge in [0.1, 0.15) is 0 Å². The maximum atomic E-state index is 13.6. The second-order valence-electron chi connectivity index (χ2n) is 8.47. The van der Waals surface area contributed by atoms with E-state index in [1.807, 2.05) is 54.9 Å². The van der Waals surface area contributed by atoms with Crippen molar-refractivity contribution < 1.29 is 4.79 Å². The van der Waals surface area contributed by atoms with E-state index in [0.29, 0.717) is 6.54 Å². The van der Waals surface area contributed by atoms with E-state index in [-0.39, 0.29) is 11.8 Å². The SMILES string of the molecule is CN1CCN(C[C@@H](C(=O)Nc2cccc3c(-c4cn[nH]c4)c[nH]c23)c2ccccc2)CC1. The summed E-state index contributed by atoms with van der Waals surface area (Å²) in [6.45, 7) is 4.73. The molecule has 0 saturated carbocycles. The van der Waals surface area contributed by atoms with Crippen LogP contribution in [0, 0.1) is 0 Å². The minimum Gasteiger partial charge on any atom is -0.359 e. The molecule has 0 bridgehead atoms.